The van der Waals surface area contributed by atoms with Gasteiger partial charge in [-0.05, 0) is 77.3 Å². The molecule has 35 heavy (non-hydrogen) atoms. The summed E-state index contributed by atoms with van der Waals surface area (Å²) in [5.74, 6) is -0.959. The van der Waals surface area contributed by atoms with Gasteiger partial charge >= 0.3 is 5.97 Å². The van der Waals surface area contributed by atoms with E-state index >= 15 is 0 Å². The fourth-order valence-corrected chi connectivity index (χ4v) is 5.31. The molecule has 0 bridgehead atoms. The zero-order valence-electron chi connectivity index (χ0n) is 21.8. The highest BCUT2D eigenvalue weighted by Gasteiger charge is 2.37. The van der Waals surface area contributed by atoms with Gasteiger partial charge in [-0.25, -0.2) is 13.2 Å². The third-order valence-corrected chi connectivity index (χ3v) is 7.91. The molecule has 0 amide bonds. The summed E-state index contributed by atoms with van der Waals surface area (Å²) in [5, 5.41) is 10.4. The second kappa shape index (κ2) is 9.62. The van der Waals surface area contributed by atoms with Gasteiger partial charge in [0.25, 0.3) is 0 Å². The normalized spacial score (nSPS) is 17.6. The van der Waals surface area contributed by atoms with Gasteiger partial charge in [-0.2, -0.15) is 0 Å². The number of rotatable bonds is 6. The number of fused-ring (bicyclic) bond motifs is 1. The first-order valence-electron chi connectivity index (χ1n) is 11.9. The molecule has 5 heteroatoms. The number of benzene rings is 2. The molecular weight excluding hydrogens is 456 g/mol. The van der Waals surface area contributed by atoms with Crippen molar-refractivity contribution in [3.05, 3.63) is 86.3 Å². The lowest BCUT2D eigenvalue weighted by Crippen LogP contribution is -2.24. The quantitative estimate of drug-likeness (QED) is 0.340. The zero-order chi connectivity index (χ0) is 26.2. The highest BCUT2D eigenvalue weighted by molar-refractivity contribution is 7.93. The first-order valence-corrected chi connectivity index (χ1v) is 13.9. The molecule has 2 aromatic carbocycles. The van der Waals surface area contributed by atoms with E-state index in [9.17, 15) is 13.2 Å². The molecule has 0 heterocycles. The van der Waals surface area contributed by atoms with Crippen LogP contribution >= 0.6 is 0 Å². The van der Waals surface area contributed by atoms with E-state index in [0.717, 1.165) is 29.5 Å². The predicted octanol–water partition coefficient (Wildman–Crippen LogP) is 7.26. The molecule has 0 fully saturated rings. The van der Waals surface area contributed by atoms with Crippen LogP contribution in [0.1, 0.15) is 92.6 Å². The lowest BCUT2D eigenvalue weighted by molar-refractivity contribution is 0.0697. The summed E-state index contributed by atoms with van der Waals surface area (Å²) in [6, 6.07) is 11.0. The smallest absolute Gasteiger partial charge is 0.335 e. The van der Waals surface area contributed by atoms with Gasteiger partial charge in [0.05, 0.1) is 5.56 Å². The fraction of sp³-hybridized carbons (Fsp3) is 0.367. The highest BCUT2D eigenvalue weighted by atomic mass is 32.2. The molecule has 186 valence electrons. The predicted molar refractivity (Wildman–Crippen MR) is 146 cm³/mol. The molecule has 1 N–H and O–H groups in total. The Morgan fingerprint density at radius 2 is 1.54 bits per heavy atom. The van der Waals surface area contributed by atoms with Crippen molar-refractivity contribution in [2.45, 2.75) is 65.2 Å². The Labute approximate surface area is 210 Å². The second-order valence-corrected chi connectivity index (χ2v) is 12.6. The van der Waals surface area contributed by atoms with Crippen molar-refractivity contribution in [3.63, 3.8) is 0 Å². The summed E-state index contributed by atoms with van der Waals surface area (Å²) in [4.78, 5) is 11.2. The van der Waals surface area contributed by atoms with Crippen LogP contribution < -0.4 is 0 Å². The molecule has 0 aliphatic heterocycles. The Hall–Kier alpha value is -2.92. The number of allylic oxidation sites excluding steroid dienone is 2. The summed E-state index contributed by atoms with van der Waals surface area (Å²) in [5.41, 5.74) is 7.95. The first-order chi connectivity index (χ1) is 16.2. The molecular formula is C30H36O4S. The van der Waals surface area contributed by atoms with Crippen LogP contribution in [0.5, 0.6) is 0 Å². The summed E-state index contributed by atoms with van der Waals surface area (Å²) in [6.45, 7) is 13.5. The van der Waals surface area contributed by atoms with E-state index < -0.39 is 15.8 Å². The monoisotopic (exact) mass is 492 g/mol. The molecule has 0 unspecified atom stereocenters. The number of sulfone groups is 1. The number of aromatic carboxylic acids is 1. The average Bonchev–Trinajstić information content (AvgIpc) is 2.83. The second-order valence-electron chi connectivity index (χ2n) is 10.7. The topological polar surface area (TPSA) is 71.4 Å². The molecule has 1 aliphatic carbocycles. The van der Waals surface area contributed by atoms with Gasteiger partial charge < -0.3 is 5.11 Å². The van der Waals surface area contributed by atoms with Crippen LogP contribution in [0.3, 0.4) is 0 Å². The van der Waals surface area contributed by atoms with E-state index in [1.807, 2.05) is 12.2 Å². The van der Waals surface area contributed by atoms with Gasteiger partial charge in [0.1, 0.15) is 0 Å². The highest BCUT2D eigenvalue weighted by Crippen LogP contribution is 2.48. The van der Waals surface area contributed by atoms with E-state index in [4.69, 9.17) is 5.11 Å². The van der Waals surface area contributed by atoms with Gasteiger partial charge in [-0.3, -0.25) is 0 Å². The minimum Gasteiger partial charge on any atom is -0.478 e. The van der Waals surface area contributed by atoms with Crippen LogP contribution in [0, 0.1) is 0 Å². The van der Waals surface area contributed by atoms with E-state index in [0.29, 0.717) is 0 Å². The molecule has 2 aromatic rings. The Morgan fingerprint density at radius 1 is 0.971 bits per heavy atom. The molecule has 0 saturated heterocycles. The summed E-state index contributed by atoms with van der Waals surface area (Å²) in [7, 11) is -3.29. The van der Waals surface area contributed by atoms with Gasteiger partial charge in [0.15, 0.2) is 9.84 Å². The van der Waals surface area contributed by atoms with E-state index in [1.165, 1.54) is 33.9 Å². The largest absolute Gasteiger partial charge is 0.478 e. The molecule has 0 spiro atoms. The number of carbonyl (C=O) groups is 1. The molecule has 4 nitrogen and oxygen atoms in total. The van der Waals surface area contributed by atoms with Gasteiger partial charge in [-0.1, -0.05) is 76.1 Å². The van der Waals surface area contributed by atoms with Crippen LogP contribution in [-0.4, -0.2) is 25.7 Å². The zero-order valence-corrected chi connectivity index (χ0v) is 22.6. The van der Waals surface area contributed by atoms with Gasteiger partial charge in [0, 0.05) is 17.1 Å². The van der Waals surface area contributed by atoms with E-state index in [-0.39, 0.29) is 16.4 Å². The third-order valence-electron chi connectivity index (χ3n) is 7.28. The average molecular weight is 493 g/mol. The lowest BCUT2D eigenvalue weighted by atomic mass is 9.72. The fourth-order valence-electron chi connectivity index (χ4n) is 4.91. The summed E-state index contributed by atoms with van der Waals surface area (Å²) in [6.07, 6.45) is 8.75. The Balaban J connectivity index is 2.23. The van der Waals surface area contributed by atoms with E-state index in [1.54, 1.807) is 30.3 Å². The van der Waals surface area contributed by atoms with Crippen LogP contribution in [0.4, 0.5) is 0 Å². The first kappa shape index (κ1) is 26.7. The SMILES string of the molecule is CCC1=C(C)C(C)(C)c2cc(/C=C/c3ccc(C(=O)O)cc3)c(/C=C/S(C)(=O)=O)cc2C(C)(C)C1. The van der Waals surface area contributed by atoms with Crippen molar-refractivity contribution in [1.29, 1.82) is 0 Å². The Kier molecular flexibility index (Phi) is 7.33. The van der Waals surface area contributed by atoms with Crippen molar-refractivity contribution in [3.8, 4) is 0 Å². The maximum atomic E-state index is 11.9. The number of hydrogen-bond donors (Lipinski definition) is 1. The summed E-state index contributed by atoms with van der Waals surface area (Å²) >= 11 is 0. The van der Waals surface area contributed by atoms with Crippen molar-refractivity contribution in [2.24, 2.45) is 0 Å². The molecule has 0 aromatic heterocycles. The van der Waals surface area contributed by atoms with Crippen LogP contribution in [0.2, 0.25) is 0 Å². The van der Waals surface area contributed by atoms with Crippen LogP contribution in [-0.2, 0) is 20.7 Å². The van der Waals surface area contributed by atoms with Crippen LogP contribution in [0.25, 0.3) is 18.2 Å². The Bertz CT molecular complexity index is 1340. The lowest BCUT2D eigenvalue weighted by Gasteiger charge is -2.32. The number of carboxylic acid groups (broad SMARTS) is 1. The van der Waals surface area contributed by atoms with Gasteiger partial charge in [0.2, 0.25) is 0 Å². The maximum absolute atomic E-state index is 11.9. The van der Waals surface area contributed by atoms with Gasteiger partial charge in [-0.15, -0.1) is 0 Å². The minimum absolute atomic E-state index is 0.0989. The van der Waals surface area contributed by atoms with E-state index in [2.05, 4.69) is 53.7 Å². The summed E-state index contributed by atoms with van der Waals surface area (Å²) < 4.78 is 23.8. The molecule has 0 atom stereocenters. The minimum atomic E-state index is -3.29. The number of carboxylic acids is 1. The van der Waals surface area contributed by atoms with Crippen molar-refractivity contribution < 1.29 is 18.3 Å². The van der Waals surface area contributed by atoms with Crippen molar-refractivity contribution in [2.75, 3.05) is 6.26 Å². The standard InChI is InChI=1S/C30H36O4S/c1-8-22-19-29(3,4)26-17-25(15-16-35(7,33)34)24(18-27(26)30(5,6)20(22)2)14-11-21-9-12-23(13-10-21)28(31)32/h9-18H,8,19H2,1-7H3,(H,31,32)/b14-11+,16-15+. The molecule has 0 radical (unpaired) electrons. The Morgan fingerprint density at radius 3 is 2.09 bits per heavy atom. The third kappa shape index (κ3) is 5.84. The van der Waals surface area contributed by atoms with Crippen LogP contribution in [0.15, 0.2) is 53.0 Å². The number of hydrogen-bond acceptors (Lipinski definition) is 3. The molecule has 0 saturated carbocycles. The van der Waals surface area contributed by atoms with Crippen molar-refractivity contribution in [1.82, 2.24) is 0 Å². The van der Waals surface area contributed by atoms with Crippen molar-refractivity contribution >= 4 is 34.0 Å². The maximum Gasteiger partial charge on any atom is 0.335 e. The molecule has 1 aliphatic rings. The molecule has 3 rings (SSSR count).